The number of aliphatic hydroxyl groups is 1. The molecule has 0 spiro atoms. The van der Waals surface area contributed by atoms with Crippen molar-refractivity contribution in [1.29, 1.82) is 0 Å². The van der Waals surface area contributed by atoms with Crippen molar-refractivity contribution < 1.29 is 85.1 Å². The van der Waals surface area contributed by atoms with E-state index in [1.54, 1.807) is 58.1 Å². The van der Waals surface area contributed by atoms with Crippen molar-refractivity contribution >= 4 is 92.4 Å². The highest BCUT2D eigenvalue weighted by molar-refractivity contribution is 9.09. The van der Waals surface area contributed by atoms with Gasteiger partial charge in [0.2, 0.25) is 23.6 Å². The molecular formula is C58H77BrClF3N8O15. The van der Waals surface area contributed by atoms with Crippen molar-refractivity contribution in [3.63, 3.8) is 0 Å². The van der Waals surface area contributed by atoms with Gasteiger partial charge >= 0.3 is 30.4 Å². The van der Waals surface area contributed by atoms with E-state index in [1.807, 2.05) is 6.92 Å². The molecule has 474 valence electrons. The second-order valence-corrected chi connectivity index (χ2v) is 23.0. The van der Waals surface area contributed by atoms with Gasteiger partial charge in [-0.15, -0.1) is 0 Å². The van der Waals surface area contributed by atoms with E-state index in [0.717, 1.165) is 17.7 Å². The Morgan fingerprint density at radius 2 is 1.73 bits per heavy atom. The highest BCUT2D eigenvalue weighted by Gasteiger charge is 2.64. The first-order valence-corrected chi connectivity index (χ1v) is 29.3. The minimum Gasteiger partial charge on any atom is -0.495 e. The summed E-state index contributed by atoms with van der Waals surface area (Å²) in [7, 11) is 4.17. The molecule has 2 aromatic carbocycles. The Bertz CT molecular complexity index is 2920. The van der Waals surface area contributed by atoms with Gasteiger partial charge in [0, 0.05) is 56.1 Å². The van der Waals surface area contributed by atoms with Crippen LogP contribution in [0.4, 0.5) is 44.6 Å². The lowest BCUT2D eigenvalue weighted by atomic mass is 9.83. The van der Waals surface area contributed by atoms with E-state index >= 15 is 13.2 Å². The van der Waals surface area contributed by atoms with Crippen LogP contribution in [0.15, 0.2) is 66.3 Å². The van der Waals surface area contributed by atoms with Crippen LogP contribution in [0.3, 0.4) is 0 Å². The fourth-order valence-corrected chi connectivity index (χ4v) is 10.5. The molecule has 0 aliphatic carbocycles. The van der Waals surface area contributed by atoms with Crippen LogP contribution < -0.4 is 47.3 Å². The van der Waals surface area contributed by atoms with Crippen molar-refractivity contribution in [1.82, 2.24) is 21.3 Å². The van der Waals surface area contributed by atoms with Gasteiger partial charge in [-0.05, 0) is 101 Å². The summed E-state index contributed by atoms with van der Waals surface area (Å²) in [5.41, 5.74) is 0.876. The maximum atomic E-state index is 15.0. The number of nitrogens with one attached hydrogen (secondary N) is 6. The molecule has 3 aliphatic heterocycles. The van der Waals surface area contributed by atoms with Crippen LogP contribution in [0, 0.1) is 11.8 Å². The van der Waals surface area contributed by atoms with Gasteiger partial charge in [-0.25, -0.2) is 19.2 Å². The first-order valence-electron chi connectivity index (χ1n) is 27.8. The van der Waals surface area contributed by atoms with Crippen molar-refractivity contribution in [2.75, 3.05) is 48.7 Å². The van der Waals surface area contributed by atoms with Crippen LogP contribution in [-0.4, -0.2) is 140 Å². The fraction of sp³-hybridized carbons (Fsp3) is 0.552. The van der Waals surface area contributed by atoms with Crippen LogP contribution in [0.5, 0.6) is 5.75 Å². The van der Waals surface area contributed by atoms with E-state index in [-0.39, 0.29) is 59.6 Å². The molecule has 0 saturated carbocycles. The summed E-state index contributed by atoms with van der Waals surface area (Å²) in [5.74, 6) is -4.54. The number of hydrogen-bond donors (Lipinski definition) is 8. The average Bonchev–Trinajstić information content (AvgIpc) is 1.60. The number of nitrogens with two attached hydrogens (primary N) is 1. The maximum absolute atomic E-state index is 15.0. The summed E-state index contributed by atoms with van der Waals surface area (Å²) in [6.07, 6.45) is -7.03. The molecular weight excluding hydrogens is 1220 g/mol. The number of alkyl halides is 4. The number of allylic oxidation sites excluding steroid dienone is 3. The van der Waals surface area contributed by atoms with Gasteiger partial charge in [-0.3, -0.25) is 29.8 Å². The Labute approximate surface area is 510 Å². The number of amides is 8. The van der Waals surface area contributed by atoms with Crippen molar-refractivity contribution in [3.05, 3.63) is 82.4 Å². The lowest BCUT2D eigenvalue weighted by molar-refractivity contribution is -0.144. The number of anilines is 3. The summed E-state index contributed by atoms with van der Waals surface area (Å²) in [5, 5.41) is 26.8. The van der Waals surface area contributed by atoms with Crippen LogP contribution in [-0.2, 0) is 60.3 Å². The number of epoxide rings is 1. The van der Waals surface area contributed by atoms with Gasteiger partial charge < -0.3 is 65.4 Å². The number of unbranched alkanes of at least 4 members (excludes halogenated alkanes) is 1. The summed E-state index contributed by atoms with van der Waals surface area (Å²) < 4.78 is 79.4. The number of carbonyl (C=O) groups is 8. The number of urea groups is 1. The largest absolute Gasteiger partial charge is 0.495 e. The van der Waals surface area contributed by atoms with Crippen LogP contribution in [0.2, 0.25) is 5.02 Å². The average molecular weight is 1300 g/mol. The number of rotatable bonds is 22. The number of fused-ring (bicyclic) bond motifs is 5. The number of carbonyl (C=O) groups excluding carboxylic acids is 8. The fourth-order valence-electron chi connectivity index (χ4n) is 9.99. The van der Waals surface area contributed by atoms with E-state index in [0.29, 0.717) is 37.3 Å². The zero-order valence-electron chi connectivity index (χ0n) is 49.4. The number of methoxy groups -OCH3 is 2. The van der Waals surface area contributed by atoms with E-state index in [1.165, 1.54) is 33.1 Å². The first-order chi connectivity index (χ1) is 40.3. The van der Waals surface area contributed by atoms with Gasteiger partial charge in [0.25, 0.3) is 0 Å². The highest BCUT2D eigenvalue weighted by atomic mass is 79.9. The molecule has 0 aromatic heterocycles. The molecule has 3 heterocycles. The zero-order chi connectivity index (χ0) is 64.0. The molecule has 8 amide bonds. The summed E-state index contributed by atoms with van der Waals surface area (Å²) >= 11 is 9.94. The van der Waals surface area contributed by atoms with Gasteiger partial charge in [0.15, 0.2) is 5.72 Å². The smallest absolute Gasteiger partial charge is 0.418 e. The first kappa shape index (κ1) is 69.8. The molecule has 5 rings (SSSR count). The SMILES string of the molecule is C=C(CBr)C(=O)OC(C)CCCCC(=O)N[C@H](C(=O)N[C@@H](CCCNC(N)=O)C(=O)Nc1ccc(NC(=O)O[C@H]2CC(=O)N(C)c3cc(cc(OC)c3Cl)C/C(C)=C/C=C/[C@@H](OC)[C@@]3(O)C[C@H](OC(=O)N3)[C@@H](C)[C@@H]3O[C@@]23C)c(C(F)(F)F)c1)C(C)C. The predicted molar refractivity (Wildman–Crippen MR) is 315 cm³/mol. The molecule has 2 aromatic rings. The standard InChI is InChI=1S/C58H77BrClF3N8O15/c1-30(2)48(69-45(72)19-12-11-16-33(5)83-52(76)32(4)29-59)51(75)67-39(17-14-22-65-53(64)77)50(74)66-36-20-21-38(37(26-36)58(61,62)63)68-54(78)85-44-27-46(73)71(8)40-24-35(25-41(81-9)47(40)60)23-31(3)15-13-18-43(82-10)57(80)28-42(84-55(79)70-57)34(6)49-56(44,7)86-49/h13,15,18,20-21,24-26,30,33-34,39,42-44,48-49,80H,4,11-12,14,16-17,19,22-23,27-29H2,1-3,5-10H3,(H,66,74)(H,67,75)(H,68,78)(H,69,72)(H,70,79)(H3,64,65,77)/b18-13+,31-15+/t33?,34-,39+,42+,43-,44+,48+,49+,56+,57+/m1/s1. The predicted octanol–water partition coefficient (Wildman–Crippen LogP) is 7.85. The third-order valence-electron chi connectivity index (χ3n) is 14.9. The maximum Gasteiger partial charge on any atom is 0.418 e. The second kappa shape index (κ2) is 30.6. The van der Waals surface area contributed by atoms with Gasteiger partial charge in [0.05, 0.1) is 42.7 Å². The monoisotopic (exact) mass is 1300 g/mol. The lowest BCUT2D eigenvalue weighted by Crippen LogP contribution is -2.63. The Morgan fingerprint density at radius 3 is 2.37 bits per heavy atom. The number of primary amides is 1. The quantitative estimate of drug-likeness (QED) is 0.0139. The Hall–Kier alpha value is -6.94. The Kier molecular flexibility index (Phi) is 24.9. The lowest BCUT2D eigenvalue weighted by Gasteiger charge is -2.42. The molecule has 0 radical (unpaired) electrons. The van der Waals surface area contributed by atoms with Crippen molar-refractivity contribution in [3.8, 4) is 5.75 Å². The van der Waals surface area contributed by atoms with Crippen molar-refractivity contribution in [2.24, 2.45) is 17.6 Å². The molecule has 3 aliphatic rings. The van der Waals surface area contributed by atoms with E-state index < -0.39 is 143 Å². The molecule has 2 saturated heterocycles. The van der Waals surface area contributed by atoms with E-state index in [2.05, 4.69) is 54.4 Å². The number of nitrogens with zero attached hydrogens (tertiary/aromatic N) is 1. The molecule has 86 heavy (non-hydrogen) atoms. The minimum absolute atomic E-state index is 0.00303. The third kappa shape index (κ3) is 19.0. The number of benzene rings is 2. The van der Waals surface area contributed by atoms with Gasteiger partial charge in [0.1, 0.15) is 46.8 Å². The number of alkyl carbamates (subject to hydrolysis) is 1. The number of hydrogen-bond acceptors (Lipinski definition) is 15. The second-order valence-electron chi connectivity index (χ2n) is 22.0. The zero-order valence-corrected chi connectivity index (χ0v) is 51.7. The number of halogens is 5. The normalized spacial score (nSPS) is 24.3. The van der Waals surface area contributed by atoms with Gasteiger partial charge in [-0.1, -0.05) is 78.7 Å². The minimum atomic E-state index is -5.19. The molecule has 28 heteroatoms. The Balaban J connectivity index is 1.38. The van der Waals surface area contributed by atoms with Crippen LogP contribution >= 0.6 is 27.5 Å². The summed E-state index contributed by atoms with van der Waals surface area (Å²) in [4.78, 5) is 107. The molecule has 1 unspecified atom stereocenters. The Morgan fingerprint density at radius 1 is 1.02 bits per heavy atom. The molecule has 10 atom stereocenters. The topological polar surface area (TPSA) is 317 Å². The van der Waals surface area contributed by atoms with Crippen LogP contribution in [0.25, 0.3) is 0 Å². The van der Waals surface area contributed by atoms with Gasteiger partial charge in [-0.2, -0.15) is 13.2 Å². The van der Waals surface area contributed by atoms with Crippen LogP contribution in [0.1, 0.15) is 104 Å². The molecule has 9 N–H and O–H groups in total. The third-order valence-corrected chi connectivity index (χ3v) is 16.0. The number of esters is 1. The summed E-state index contributed by atoms with van der Waals surface area (Å²) in [6.45, 7) is 13.6. The van der Waals surface area contributed by atoms with Crippen molar-refractivity contribution in [2.45, 2.75) is 159 Å². The van der Waals surface area contributed by atoms with E-state index in [4.69, 9.17) is 45.8 Å². The highest BCUT2D eigenvalue weighted by Crippen LogP contribution is 2.49. The molecule has 2 fully saturated rings. The number of ether oxygens (including phenoxy) is 6. The summed E-state index contributed by atoms with van der Waals surface area (Å²) in [6, 6.07) is 2.31. The van der Waals surface area contributed by atoms with E-state index in [9.17, 15) is 43.5 Å². The molecule has 4 bridgehead atoms. The molecule has 23 nitrogen and oxygen atoms in total.